The zero-order valence-corrected chi connectivity index (χ0v) is 10.8. The summed E-state index contributed by atoms with van der Waals surface area (Å²) < 4.78 is 10.9. The predicted octanol–water partition coefficient (Wildman–Crippen LogP) is 3.42. The van der Waals surface area contributed by atoms with Gasteiger partial charge in [0.1, 0.15) is 0 Å². The minimum Gasteiger partial charge on any atom is -0.493 e. The number of halogens is 1. The van der Waals surface area contributed by atoms with Gasteiger partial charge < -0.3 is 9.47 Å². The summed E-state index contributed by atoms with van der Waals surface area (Å²) in [4.78, 5) is 0. The average molecular weight is 273 g/mol. The number of ether oxygens (including phenoxy) is 2. The predicted molar refractivity (Wildman–Crippen MR) is 66.3 cm³/mol. The molecule has 0 heterocycles. The third kappa shape index (κ3) is 3.74. The molecule has 0 aliphatic heterocycles. The molecule has 0 spiro atoms. The number of hydrogen-bond donors (Lipinski definition) is 0. The van der Waals surface area contributed by atoms with Gasteiger partial charge in [-0.25, -0.2) is 0 Å². The van der Waals surface area contributed by atoms with Gasteiger partial charge in [0.05, 0.1) is 13.7 Å². The molecule has 0 aromatic heterocycles. The Bertz CT molecular complexity index is 300. The first-order valence-electron chi connectivity index (χ1n) is 5.17. The van der Waals surface area contributed by atoms with Crippen LogP contribution in [0, 0.1) is 0 Å². The van der Waals surface area contributed by atoms with Crippen LogP contribution in [0.15, 0.2) is 18.2 Å². The maximum atomic E-state index is 5.61. The number of aryl methyl sites for hydroxylation is 1. The molecule has 0 N–H and O–H groups in total. The van der Waals surface area contributed by atoms with Crippen molar-refractivity contribution in [1.29, 1.82) is 0 Å². The van der Waals surface area contributed by atoms with Crippen LogP contribution < -0.4 is 9.47 Å². The number of methoxy groups -OCH3 is 1. The molecule has 84 valence electrons. The third-order valence-corrected chi connectivity index (χ3v) is 2.73. The van der Waals surface area contributed by atoms with Crippen molar-refractivity contribution >= 4 is 15.9 Å². The summed E-state index contributed by atoms with van der Waals surface area (Å²) in [6, 6.07) is 6.08. The molecule has 0 unspecified atom stereocenters. The summed E-state index contributed by atoms with van der Waals surface area (Å²) in [6.45, 7) is 2.84. The maximum absolute atomic E-state index is 5.61. The smallest absolute Gasteiger partial charge is 0.161 e. The Morgan fingerprint density at radius 2 is 2.07 bits per heavy atom. The lowest BCUT2D eigenvalue weighted by atomic mass is 10.1. The molecule has 15 heavy (non-hydrogen) atoms. The van der Waals surface area contributed by atoms with Crippen molar-refractivity contribution in [3.63, 3.8) is 0 Å². The van der Waals surface area contributed by atoms with Crippen LogP contribution in [-0.4, -0.2) is 19.0 Å². The Kier molecular flexibility index (Phi) is 5.54. The second-order valence-corrected chi connectivity index (χ2v) is 4.02. The molecule has 0 fully saturated rings. The van der Waals surface area contributed by atoms with Crippen LogP contribution >= 0.6 is 15.9 Å². The first-order chi connectivity index (χ1) is 7.31. The van der Waals surface area contributed by atoms with Crippen LogP contribution in [0.3, 0.4) is 0 Å². The summed E-state index contributed by atoms with van der Waals surface area (Å²) in [5.74, 6) is 1.65. The normalized spacial score (nSPS) is 10.1. The Labute approximate surface area is 99.7 Å². The summed E-state index contributed by atoms with van der Waals surface area (Å²) in [7, 11) is 1.67. The molecular formula is C12H17BrO2. The Hall–Kier alpha value is -0.700. The van der Waals surface area contributed by atoms with Crippen molar-refractivity contribution in [2.24, 2.45) is 0 Å². The number of alkyl halides is 1. The van der Waals surface area contributed by atoms with Gasteiger partial charge in [0.2, 0.25) is 0 Å². The number of hydrogen-bond acceptors (Lipinski definition) is 2. The van der Waals surface area contributed by atoms with Gasteiger partial charge in [-0.3, -0.25) is 0 Å². The van der Waals surface area contributed by atoms with Crippen LogP contribution in [-0.2, 0) is 6.42 Å². The van der Waals surface area contributed by atoms with Crippen molar-refractivity contribution in [3.05, 3.63) is 23.8 Å². The van der Waals surface area contributed by atoms with Gasteiger partial charge in [0, 0.05) is 5.33 Å². The van der Waals surface area contributed by atoms with E-state index in [2.05, 4.69) is 28.9 Å². The molecule has 3 heteroatoms. The summed E-state index contributed by atoms with van der Waals surface area (Å²) in [5.41, 5.74) is 1.26. The van der Waals surface area contributed by atoms with E-state index in [0.717, 1.165) is 29.7 Å². The highest BCUT2D eigenvalue weighted by atomic mass is 79.9. The average Bonchev–Trinajstić information content (AvgIpc) is 2.29. The van der Waals surface area contributed by atoms with Gasteiger partial charge in [-0.15, -0.1) is 0 Å². The van der Waals surface area contributed by atoms with Crippen molar-refractivity contribution in [1.82, 2.24) is 0 Å². The highest BCUT2D eigenvalue weighted by Gasteiger charge is 2.04. The van der Waals surface area contributed by atoms with Crippen molar-refractivity contribution in [2.75, 3.05) is 19.0 Å². The van der Waals surface area contributed by atoms with E-state index in [0.29, 0.717) is 6.61 Å². The van der Waals surface area contributed by atoms with Crippen LogP contribution in [0.2, 0.25) is 0 Å². The van der Waals surface area contributed by atoms with Gasteiger partial charge in [0.25, 0.3) is 0 Å². The minimum absolute atomic E-state index is 0.715. The van der Waals surface area contributed by atoms with Gasteiger partial charge in [-0.2, -0.15) is 0 Å². The van der Waals surface area contributed by atoms with Crippen molar-refractivity contribution in [2.45, 2.75) is 19.8 Å². The van der Waals surface area contributed by atoms with E-state index < -0.39 is 0 Å². The van der Waals surface area contributed by atoms with Crippen LogP contribution in [0.5, 0.6) is 11.5 Å². The number of rotatable bonds is 6. The van der Waals surface area contributed by atoms with Gasteiger partial charge in [-0.1, -0.05) is 28.9 Å². The molecule has 1 aromatic rings. The molecule has 0 amide bonds. The standard InChI is InChI=1S/C12H17BrO2/c1-3-10-5-6-11(12(9-10)14-2)15-8-4-7-13/h5-6,9H,3-4,7-8H2,1-2H3. The third-order valence-electron chi connectivity index (χ3n) is 2.17. The quantitative estimate of drug-likeness (QED) is 0.584. The van der Waals surface area contributed by atoms with E-state index in [1.54, 1.807) is 7.11 Å². The summed E-state index contributed by atoms with van der Waals surface area (Å²) in [5, 5.41) is 0.961. The van der Waals surface area contributed by atoms with Crippen molar-refractivity contribution < 1.29 is 9.47 Å². The van der Waals surface area contributed by atoms with Crippen molar-refractivity contribution in [3.8, 4) is 11.5 Å². The molecule has 0 bridgehead atoms. The van der Waals surface area contributed by atoms with Crippen LogP contribution in [0.4, 0.5) is 0 Å². The summed E-state index contributed by atoms with van der Waals surface area (Å²) in [6.07, 6.45) is 2.01. The van der Waals surface area contributed by atoms with Gasteiger partial charge in [-0.05, 0) is 30.5 Å². The molecule has 0 aliphatic carbocycles. The largest absolute Gasteiger partial charge is 0.493 e. The fraction of sp³-hybridized carbons (Fsp3) is 0.500. The molecule has 0 saturated heterocycles. The second kappa shape index (κ2) is 6.72. The minimum atomic E-state index is 0.715. The molecule has 0 radical (unpaired) electrons. The van der Waals surface area contributed by atoms with E-state index in [-0.39, 0.29) is 0 Å². The Morgan fingerprint density at radius 1 is 1.27 bits per heavy atom. The van der Waals surface area contributed by atoms with E-state index in [1.165, 1.54) is 5.56 Å². The lowest BCUT2D eigenvalue weighted by molar-refractivity contribution is 0.295. The fourth-order valence-electron chi connectivity index (χ4n) is 1.29. The SMILES string of the molecule is CCc1ccc(OCCCBr)c(OC)c1. The van der Waals surface area contributed by atoms with E-state index >= 15 is 0 Å². The van der Waals surface area contributed by atoms with E-state index in [1.807, 2.05) is 12.1 Å². The van der Waals surface area contributed by atoms with E-state index in [4.69, 9.17) is 9.47 Å². The molecular weight excluding hydrogens is 256 g/mol. The highest BCUT2D eigenvalue weighted by Crippen LogP contribution is 2.28. The zero-order chi connectivity index (χ0) is 11.1. The van der Waals surface area contributed by atoms with E-state index in [9.17, 15) is 0 Å². The monoisotopic (exact) mass is 272 g/mol. The lowest BCUT2D eigenvalue weighted by Crippen LogP contribution is -2.00. The molecule has 2 nitrogen and oxygen atoms in total. The van der Waals surface area contributed by atoms with Gasteiger partial charge in [0.15, 0.2) is 11.5 Å². The van der Waals surface area contributed by atoms with Gasteiger partial charge >= 0.3 is 0 Å². The molecule has 0 atom stereocenters. The molecule has 1 aromatic carbocycles. The molecule has 0 aliphatic rings. The van der Waals surface area contributed by atoms with Crippen LogP contribution in [0.25, 0.3) is 0 Å². The number of benzene rings is 1. The lowest BCUT2D eigenvalue weighted by Gasteiger charge is -2.11. The summed E-state index contributed by atoms with van der Waals surface area (Å²) >= 11 is 3.37. The zero-order valence-electron chi connectivity index (χ0n) is 9.25. The molecule has 0 saturated carbocycles. The maximum Gasteiger partial charge on any atom is 0.161 e. The fourth-order valence-corrected chi connectivity index (χ4v) is 1.52. The highest BCUT2D eigenvalue weighted by molar-refractivity contribution is 9.09. The van der Waals surface area contributed by atoms with Crippen LogP contribution in [0.1, 0.15) is 18.9 Å². The molecule has 1 rings (SSSR count). The Balaban J connectivity index is 2.69. The second-order valence-electron chi connectivity index (χ2n) is 3.23. The topological polar surface area (TPSA) is 18.5 Å². The first-order valence-corrected chi connectivity index (χ1v) is 6.29. The Morgan fingerprint density at radius 3 is 2.67 bits per heavy atom. The first kappa shape index (κ1) is 12.4.